The number of amides is 2. The van der Waals surface area contributed by atoms with E-state index in [0.29, 0.717) is 11.3 Å². The number of nitrogens with zero attached hydrogens (tertiary/aromatic N) is 2. The van der Waals surface area contributed by atoms with Gasteiger partial charge >= 0.3 is 0 Å². The zero-order valence-electron chi connectivity index (χ0n) is 10.8. The van der Waals surface area contributed by atoms with Crippen LogP contribution in [0.4, 0.5) is 5.69 Å². The van der Waals surface area contributed by atoms with Crippen LogP contribution in [0.3, 0.4) is 0 Å². The Morgan fingerprint density at radius 1 is 1.45 bits per heavy atom. The molecule has 0 saturated heterocycles. The number of hydrogen-bond donors (Lipinski definition) is 2. The second-order valence-corrected chi connectivity index (χ2v) is 5.17. The summed E-state index contributed by atoms with van der Waals surface area (Å²) in [4.78, 5) is 22.8. The molecule has 7 heteroatoms. The van der Waals surface area contributed by atoms with E-state index in [-0.39, 0.29) is 12.5 Å². The summed E-state index contributed by atoms with van der Waals surface area (Å²) in [7, 11) is 0. The fraction of sp³-hybridized carbons (Fsp3) is 0.154. The van der Waals surface area contributed by atoms with E-state index in [1.807, 2.05) is 13.0 Å². The minimum absolute atomic E-state index is 0.0206. The first-order valence-corrected chi connectivity index (χ1v) is 6.63. The van der Waals surface area contributed by atoms with Gasteiger partial charge in [-0.25, -0.2) is 0 Å². The van der Waals surface area contributed by atoms with Crippen molar-refractivity contribution in [3.05, 3.63) is 46.2 Å². The molecule has 0 bridgehead atoms. The maximum Gasteiger partial charge on any atom is 0.255 e. The molecular weight excluding hydrogens is 324 g/mol. The average molecular weight is 337 g/mol. The van der Waals surface area contributed by atoms with Gasteiger partial charge in [0.1, 0.15) is 6.54 Å². The minimum Gasteiger partial charge on any atom is -0.368 e. The molecule has 20 heavy (non-hydrogen) atoms. The zero-order chi connectivity index (χ0) is 14.7. The Kier molecular flexibility index (Phi) is 4.19. The molecule has 3 N–H and O–H groups in total. The van der Waals surface area contributed by atoms with E-state index < -0.39 is 5.91 Å². The molecule has 104 valence electrons. The standard InChI is InChI=1S/C13H13BrN4O2/c1-8-4-9(2-3-11(8)14)13(20)17-10-5-16-18(6-10)7-12(15)19/h2-6H,7H2,1H3,(H2,15,19)(H,17,20). The zero-order valence-corrected chi connectivity index (χ0v) is 12.3. The van der Waals surface area contributed by atoms with Gasteiger partial charge in [0, 0.05) is 16.2 Å². The van der Waals surface area contributed by atoms with Gasteiger partial charge in [0.05, 0.1) is 11.9 Å². The van der Waals surface area contributed by atoms with E-state index in [4.69, 9.17) is 5.73 Å². The van der Waals surface area contributed by atoms with Gasteiger partial charge in [0.25, 0.3) is 5.91 Å². The van der Waals surface area contributed by atoms with E-state index in [1.165, 1.54) is 10.9 Å². The number of nitrogens with two attached hydrogens (primary N) is 1. The summed E-state index contributed by atoms with van der Waals surface area (Å²) in [6, 6.07) is 5.33. The lowest BCUT2D eigenvalue weighted by Crippen LogP contribution is -2.18. The summed E-state index contributed by atoms with van der Waals surface area (Å²) in [5.74, 6) is -0.728. The average Bonchev–Trinajstić information content (AvgIpc) is 2.79. The molecular formula is C13H13BrN4O2. The summed E-state index contributed by atoms with van der Waals surface area (Å²) in [5.41, 5.74) is 7.10. The molecule has 0 aliphatic rings. The molecule has 2 rings (SSSR count). The highest BCUT2D eigenvalue weighted by Crippen LogP contribution is 2.18. The lowest BCUT2D eigenvalue weighted by Gasteiger charge is -2.04. The van der Waals surface area contributed by atoms with Crippen molar-refractivity contribution >= 4 is 33.4 Å². The molecule has 1 aromatic carbocycles. The Bertz CT molecular complexity index is 666. The molecule has 2 aromatic rings. The predicted molar refractivity (Wildman–Crippen MR) is 78.3 cm³/mol. The number of benzene rings is 1. The summed E-state index contributed by atoms with van der Waals surface area (Å²) in [6.45, 7) is 1.89. The molecule has 0 unspecified atom stereocenters. The Labute approximate surface area is 124 Å². The summed E-state index contributed by atoms with van der Waals surface area (Å²) in [6.07, 6.45) is 3.01. The van der Waals surface area contributed by atoms with Gasteiger partial charge in [-0.05, 0) is 30.7 Å². The molecule has 0 fully saturated rings. The second kappa shape index (κ2) is 5.87. The summed E-state index contributed by atoms with van der Waals surface area (Å²) >= 11 is 3.38. The normalized spacial score (nSPS) is 10.3. The Hall–Kier alpha value is -2.15. The van der Waals surface area contributed by atoms with Gasteiger partial charge in [-0.15, -0.1) is 0 Å². The number of aryl methyl sites for hydroxylation is 1. The van der Waals surface area contributed by atoms with Crippen LogP contribution in [0.1, 0.15) is 15.9 Å². The van der Waals surface area contributed by atoms with Crippen LogP contribution in [0.15, 0.2) is 35.1 Å². The highest BCUT2D eigenvalue weighted by atomic mass is 79.9. The number of primary amides is 1. The number of hydrogen-bond acceptors (Lipinski definition) is 3. The molecule has 0 aliphatic carbocycles. The third kappa shape index (κ3) is 3.45. The van der Waals surface area contributed by atoms with E-state index in [9.17, 15) is 9.59 Å². The Balaban J connectivity index is 2.09. The molecule has 1 aromatic heterocycles. The van der Waals surface area contributed by atoms with Gasteiger partial charge in [-0.2, -0.15) is 5.10 Å². The molecule has 2 amide bonds. The lowest BCUT2D eigenvalue weighted by atomic mass is 10.1. The van der Waals surface area contributed by atoms with E-state index >= 15 is 0 Å². The van der Waals surface area contributed by atoms with Crippen molar-refractivity contribution in [2.24, 2.45) is 5.73 Å². The van der Waals surface area contributed by atoms with Gasteiger partial charge in [0.15, 0.2) is 0 Å². The maximum atomic E-state index is 12.1. The van der Waals surface area contributed by atoms with Crippen LogP contribution in [-0.4, -0.2) is 21.6 Å². The van der Waals surface area contributed by atoms with Crippen LogP contribution >= 0.6 is 15.9 Å². The first-order chi connectivity index (χ1) is 9.45. The van der Waals surface area contributed by atoms with Gasteiger partial charge < -0.3 is 11.1 Å². The fourth-order valence-corrected chi connectivity index (χ4v) is 1.91. The monoisotopic (exact) mass is 336 g/mol. The molecule has 0 spiro atoms. The van der Waals surface area contributed by atoms with Crippen LogP contribution in [0.5, 0.6) is 0 Å². The summed E-state index contributed by atoms with van der Waals surface area (Å²) in [5, 5.41) is 6.64. The molecule has 0 atom stereocenters. The number of carbonyl (C=O) groups is 2. The Morgan fingerprint density at radius 3 is 2.85 bits per heavy atom. The van der Waals surface area contributed by atoms with E-state index in [2.05, 4.69) is 26.3 Å². The number of halogens is 1. The smallest absolute Gasteiger partial charge is 0.255 e. The molecule has 0 saturated carbocycles. The van der Waals surface area contributed by atoms with Crippen molar-refractivity contribution in [2.75, 3.05) is 5.32 Å². The molecule has 1 heterocycles. The number of aromatic nitrogens is 2. The van der Waals surface area contributed by atoms with Crippen LogP contribution < -0.4 is 11.1 Å². The molecule has 6 nitrogen and oxygen atoms in total. The van der Waals surface area contributed by atoms with Crippen molar-refractivity contribution in [1.29, 1.82) is 0 Å². The SMILES string of the molecule is Cc1cc(C(=O)Nc2cnn(CC(N)=O)c2)ccc1Br. The van der Waals surface area contributed by atoms with Crippen molar-refractivity contribution in [3.63, 3.8) is 0 Å². The fourth-order valence-electron chi connectivity index (χ4n) is 1.66. The van der Waals surface area contributed by atoms with Crippen LogP contribution in [-0.2, 0) is 11.3 Å². The Morgan fingerprint density at radius 2 is 2.20 bits per heavy atom. The largest absolute Gasteiger partial charge is 0.368 e. The number of anilines is 1. The van der Waals surface area contributed by atoms with Crippen molar-refractivity contribution in [1.82, 2.24) is 9.78 Å². The number of nitrogens with one attached hydrogen (secondary N) is 1. The minimum atomic E-state index is -0.491. The summed E-state index contributed by atoms with van der Waals surface area (Å²) < 4.78 is 2.31. The predicted octanol–water partition coefficient (Wildman–Crippen LogP) is 1.69. The van der Waals surface area contributed by atoms with Crippen molar-refractivity contribution in [2.45, 2.75) is 13.5 Å². The van der Waals surface area contributed by atoms with Gasteiger partial charge in [-0.3, -0.25) is 14.3 Å². The van der Waals surface area contributed by atoms with Gasteiger partial charge in [-0.1, -0.05) is 15.9 Å². The molecule has 0 aliphatic heterocycles. The maximum absolute atomic E-state index is 12.1. The van der Waals surface area contributed by atoms with E-state index in [0.717, 1.165) is 10.0 Å². The quantitative estimate of drug-likeness (QED) is 0.890. The van der Waals surface area contributed by atoms with E-state index in [1.54, 1.807) is 18.3 Å². The third-order valence-corrected chi connectivity index (χ3v) is 3.52. The van der Waals surface area contributed by atoms with Crippen molar-refractivity contribution in [3.8, 4) is 0 Å². The van der Waals surface area contributed by atoms with Crippen molar-refractivity contribution < 1.29 is 9.59 Å². The lowest BCUT2D eigenvalue weighted by molar-refractivity contribution is -0.118. The first kappa shape index (κ1) is 14.3. The molecule has 0 radical (unpaired) electrons. The second-order valence-electron chi connectivity index (χ2n) is 4.31. The topological polar surface area (TPSA) is 90.0 Å². The first-order valence-electron chi connectivity index (χ1n) is 5.84. The number of rotatable bonds is 4. The highest BCUT2D eigenvalue weighted by Gasteiger charge is 2.09. The third-order valence-electron chi connectivity index (χ3n) is 2.63. The van der Waals surface area contributed by atoms with Crippen LogP contribution in [0.25, 0.3) is 0 Å². The van der Waals surface area contributed by atoms with Gasteiger partial charge in [0.2, 0.25) is 5.91 Å². The highest BCUT2D eigenvalue weighted by molar-refractivity contribution is 9.10. The van der Waals surface area contributed by atoms with Crippen LogP contribution in [0.2, 0.25) is 0 Å². The number of carbonyl (C=O) groups excluding carboxylic acids is 2. The van der Waals surface area contributed by atoms with Crippen LogP contribution in [0, 0.1) is 6.92 Å².